The van der Waals surface area contributed by atoms with Crippen LogP contribution < -0.4 is 10.7 Å². The first-order valence-corrected chi connectivity index (χ1v) is 5.65. The maximum Gasteiger partial charge on any atom is 0.253 e. The van der Waals surface area contributed by atoms with E-state index in [1.165, 1.54) is 0 Å². The molecule has 2 aromatic rings. The summed E-state index contributed by atoms with van der Waals surface area (Å²) in [4.78, 5) is 11.6. The number of hydrogen-bond donors (Lipinski definition) is 2. The van der Waals surface area contributed by atoms with Crippen molar-refractivity contribution in [2.75, 3.05) is 12.0 Å². The number of benzene rings is 1. The molecule has 0 aliphatic carbocycles. The summed E-state index contributed by atoms with van der Waals surface area (Å²) in [5, 5.41) is 2.84. The van der Waals surface area contributed by atoms with Crippen molar-refractivity contribution in [1.82, 2.24) is 9.99 Å². The topological polar surface area (TPSA) is 46.1 Å². The van der Waals surface area contributed by atoms with Crippen LogP contribution in [0, 0.1) is 0 Å². The third kappa shape index (κ3) is 1.78. The van der Waals surface area contributed by atoms with Gasteiger partial charge >= 0.3 is 0 Å². The zero-order valence-electron chi connectivity index (χ0n) is 9.31. The Hall–Kier alpha value is -2.23. The van der Waals surface area contributed by atoms with Crippen LogP contribution in [0.2, 0.25) is 0 Å². The lowest BCUT2D eigenvalue weighted by molar-refractivity contribution is 0.0945. The first-order chi connectivity index (χ1) is 8.34. The van der Waals surface area contributed by atoms with Crippen LogP contribution >= 0.6 is 0 Å². The van der Waals surface area contributed by atoms with Crippen molar-refractivity contribution in [1.29, 1.82) is 0 Å². The highest BCUT2D eigenvalue weighted by Gasteiger charge is 2.19. The maximum absolute atomic E-state index is 11.6. The molecular formula is C13H13N3O. The Morgan fingerprint density at radius 1 is 1.18 bits per heavy atom. The normalized spacial score (nSPS) is 14.0. The summed E-state index contributed by atoms with van der Waals surface area (Å²) in [5.41, 5.74) is 6.08. The number of carbonyl (C=O) groups is 1. The molecular weight excluding hydrogens is 214 g/mol. The smallest absolute Gasteiger partial charge is 0.253 e. The molecule has 1 aliphatic rings. The minimum absolute atomic E-state index is 0.0138. The Balaban J connectivity index is 1.92. The fraction of sp³-hybridized carbons (Fsp3) is 0.154. The third-order valence-electron chi connectivity index (χ3n) is 2.91. The van der Waals surface area contributed by atoms with Gasteiger partial charge in [-0.25, -0.2) is 0 Å². The van der Waals surface area contributed by atoms with E-state index in [1.54, 1.807) is 0 Å². The molecule has 1 amide bonds. The molecule has 2 heterocycles. The molecule has 0 saturated heterocycles. The van der Waals surface area contributed by atoms with Crippen LogP contribution in [0.4, 0.5) is 5.69 Å². The van der Waals surface area contributed by atoms with Crippen molar-refractivity contribution in [3.8, 4) is 0 Å². The maximum atomic E-state index is 11.6. The third-order valence-corrected chi connectivity index (χ3v) is 2.91. The average Bonchev–Trinajstić information content (AvgIpc) is 2.76. The molecule has 4 heteroatoms. The Morgan fingerprint density at radius 2 is 2.00 bits per heavy atom. The first-order valence-electron chi connectivity index (χ1n) is 5.65. The molecule has 86 valence electrons. The molecule has 17 heavy (non-hydrogen) atoms. The van der Waals surface area contributed by atoms with Gasteiger partial charge in [0, 0.05) is 19.2 Å². The lowest BCUT2D eigenvalue weighted by atomic mass is 10.1. The molecule has 0 spiro atoms. The van der Waals surface area contributed by atoms with Crippen molar-refractivity contribution in [2.24, 2.45) is 0 Å². The van der Waals surface area contributed by atoms with Crippen molar-refractivity contribution in [3.63, 3.8) is 0 Å². The van der Waals surface area contributed by atoms with E-state index in [0.29, 0.717) is 6.54 Å². The van der Waals surface area contributed by atoms with Gasteiger partial charge in [-0.05, 0) is 18.2 Å². The van der Waals surface area contributed by atoms with E-state index in [9.17, 15) is 4.79 Å². The highest BCUT2D eigenvalue weighted by molar-refractivity contribution is 5.96. The van der Waals surface area contributed by atoms with Crippen molar-refractivity contribution < 1.29 is 4.79 Å². The molecule has 4 nitrogen and oxygen atoms in total. The van der Waals surface area contributed by atoms with Crippen LogP contribution in [0.25, 0.3) is 0 Å². The van der Waals surface area contributed by atoms with Gasteiger partial charge in [0.2, 0.25) is 0 Å². The summed E-state index contributed by atoms with van der Waals surface area (Å²) >= 11 is 0. The van der Waals surface area contributed by atoms with Crippen molar-refractivity contribution >= 4 is 11.6 Å². The monoisotopic (exact) mass is 227 g/mol. The number of carbonyl (C=O) groups excluding carboxylic acids is 1. The van der Waals surface area contributed by atoms with Gasteiger partial charge in [-0.2, -0.15) is 0 Å². The number of amides is 1. The molecule has 3 rings (SSSR count). The number of aromatic nitrogens is 1. The van der Waals surface area contributed by atoms with Crippen molar-refractivity contribution in [2.45, 2.75) is 6.42 Å². The lowest BCUT2D eigenvalue weighted by Gasteiger charge is -2.17. The zero-order chi connectivity index (χ0) is 11.7. The lowest BCUT2D eigenvalue weighted by Crippen LogP contribution is -2.32. The van der Waals surface area contributed by atoms with Crippen molar-refractivity contribution in [3.05, 3.63) is 53.9 Å². The average molecular weight is 227 g/mol. The number of nitrogens with zero attached hydrogens (tertiary/aromatic N) is 1. The molecule has 2 N–H and O–H groups in total. The Morgan fingerprint density at radius 3 is 2.82 bits per heavy atom. The van der Waals surface area contributed by atoms with Gasteiger partial charge in [0.1, 0.15) is 0 Å². The number of hydrogen-bond acceptors (Lipinski definition) is 2. The van der Waals surface area contributed by atoms with E-state index >= 15 is 0 Å². The minimum atomic E-state index is 0.0138. The van der Waals surface area contributed by atoms with E-state index in [2.05, 4.69) is 10.7 Å². The molecule has 0 bridgehead atoms. The van der Waals surface area contributed by atoms with E-state index < -0.39 is 0 Å². The highest BCUT2D eigenvalue weighted by atomic mass is 16.1. The zero-order valence-corrected chi connectivity index (χ0v) is 9.31. The number of nitrogens with one attached hydrogen (secondary N) is 2. The van der Waals surface area contributed by atoms with Gasteiger partial charge in [-0.1, -0.05) is 18.2 Å². The second-order valence-corrected chi connectivity index (χ2v) is 4.03. The molecule has 1 aromatic heterocycles. The van der Waals surface area contributed by atoms with Gasteiger partial charge in [-0.15, -0.1) is 0 Å². The van der Waals surface area contributed by atoms with Gasteiger partial charge in [0.15, 0.2) is 0 Å². The summed E-state index contributed by atoms with van der Waals surface area (Å²) in [6, 6.07) is 11.8. The van der Waals surface area contributed by atoms with E-state index in [0.717, 1.165) is 23.4 Å². The Labute approximate surface area is 99.2 Å². The van der Waals surface area contributed by atoms with Gasteiger partial charge < -0.3 is 5.32 Å². The SMILES string of the molecule is O=C1NCCc2c1ccn2Nc1ccccc1. The number of anilines is 1. The van der Waals surface area contributed by atoms with Gasteiger partial charge in [0.25, 0.3) is 5.91 Å². The second kappa shape index (κ2) is 3.97. The molecule has 0 fully saturated rings. The second-order valence-electron chi connectivity index (χ2n) is 4.03. The highest BCUT2D eigenvalue weighted by Crippen LogP contribution is 2.16. The summed E-state index contributed by atoms with van der Waals surface area (Å²) in [6.07, 6.45) is 2.75. The molecule has 0 radical (unpaired) electrons. The quantitative estimate of drug-likeness (QED) is 0.819. The Bertz CT molecular complexity index is 545. The Kier molecular flexibility index (Phi) is 2.33. The number of rotatable bonds is 2. The summed E-state index contributed by atoms with van der Waals surface area (Å²) in [7, 11) is 0. The molecule has 1 aliphatic heterocycles. The van der Waals surface area contributed by atoms with Gasteiger partial charge in [-0.3, -0.25) is 14.9 Å². The van der Waals surface area contributed by atoms with Crippen LogP contribution in [-0.4, -0.2) is 17.1 Å². The minimum Gasteiger partial charge on any atom is -0.352 e. The summed E-state index contributed by atoms with van der Waals surface area (Å²) in [5.74, 6) is 0.0138. The molecule has 0 saturated carbocycles. The van der Waals surface area contributed by atoms with Crippen LogP contribution in [0.15, 0.2) is 42.6 Å². The first kappa shape index (κ1) is 9.96. The largest absolute Gasteiger partial charge is 0.352 e. The number of para-hydroxylation sites is 1. The van der Waals surface area contributed by atoms with E-state index in [4.69, 9.17) is 0 Å². The fourth-order valence-corrected chi connectivity index (χ4v) is 2.07. The standard InChI is InChI=1S/C13H13N3O/c17-13-11-7-9-16(12(11)6-8-14-13)15-10-4-2-1-3-5-10/h1-5,7,9,15H,6,8H2,(H,14,17). The fourth-order valence-electron chi connectivity index (χ4n) is 2.07. The molecule has 0 atom stereocenters. The molecule has 1 aromatic carbocycles. The predicted octanol–water partition coefficient (Wildman–Crippen LogP) is 1.65. The van der Waals surface area contributed by atoms with Crippen LogP contribution in [0.3, 0.4) is 0 Å². The van der Waals surface area contributed by atoms with E-state index in [1.807, 2.05) is 47.3 Å². The summed E-state index contributed by atoms with van der Waals surface area (Å²) in [6.45, 7) is 0.701. The molecule has 0 unspecified atom stereocenters. The van der Waals surface area contributed by atoms with Crippen LogP contribution in [0.1, 0.15) is 16.1 Å². The van der Waals surface area contributed by atoms with Gasteiger partial charge in [0.05, 0.1) is 16.9 Å². The van der Waals surface area contributed by atoms with Crippen LogP contribution in [-0.2, 0) is 6.42 Å². The predicted molar refractivity (Wildman–Crippen MR) is 65.9 cm³/mol. The summed E-state index contributed by atoms with van der Waals surface area (Å²) < 4.78 is 1.92. The van der Waals surface area contributed by atoms with E-state index in [-0.39, 0.29) is 5.91 Å². The van der Waals surface area contributed by atoms with Crippen LogP contribution in [0.5, 0.6) is 0 Å². The number of fused-ring (bicyclic) bond motifs is 1.